The largest absolute Gasteiger partial charge is 0.338 e. The number of rotatable bonds is 5. The minimum absolute atomic E-state index is 0.157. The Labute approximate surface area is 144 Å². The van der Waals surface area contributed by atoms with Gasteiger partial charge in [-0.15, -0.1) is 0 Å². The van der Waals surface area contributed by atoms with E-state index in [2.05, 4.69) is 31.1 Å². The van der Waals surface area contributed by atoms with Crippen LogP contribution in [-0.4, -0.2) is 33.7 Å². The van der Waals surface area contributed by atoms with E-state index >= 15 is 0 Å². The highest BCUT2D eigenvalue weighted by Gasteiger charge is 2.26. The second kappa shape index (κ2) is 7.65. The Morgan fingerprint density at radius 1 is 1.25 bits per heavy atom. The molecular formula is C20H27N3O. The molecule has 1 atom stereocenters. The molecule has 1 aliphatic heterocycles. The molecule has 0 radical (unpaired) electrons. The summed E-state index contributed by atoms with van der Waals surface area (Å²) in [6.07, 6.45) is 6.09. The van der Waals surface area contributed by atoms with Crippen molar-refractivity contribution in [3.63, 3.8) is 0 Å². The van der Waals surface area contributed by atoms with E-state index in [0.29, 0.717) is 5.92 Å². The van der Waals surface area contributed by atoms with Gasteiger partial charge in [-0.3, -0.25) is 9.48 Å². The molecule has 128 valence electrons. The third-order valence-corrected chi connectivity index (χ3v) is 5.07. The summed E-state index contributed by atoms with van der Waals surface area (Å²) in [4.78, 5) is 15.0. The van der Waals surface area contributed by atoms with Crippen LogP contribution in [0.2, 0.25) is 0 Å². The summed E-state index contributed by atoms with van der Waals surface area (Å²) >= 11 is 0. The predicted molar refractivity (Wildman–Crippen MR) is 96.1 cm³/mol. The monoisotopic (exact) mass is 325 g/mol. The summed E-state index contributed by atoms with van der Waals surface area (Å²) in [5.41, 5.74) is 3.03. The van der Waals surface area contributed by atoms with Gasteiger partial charge in [0, 0.05) is 13.1 Å². The average Bonchev–Trinajstić information content (AvgIpc) is 3.04. The fourth-order valence-electron chi connectivity index (χ4n) is 3.61. The summed E-state index contributed by atoms with van der Waals surface area (Å²) in [5.74, 6) is 0.802. The van der Waals surface area contributed by atoms with E-state index in [9.17, 15) is 4.79 Å². The smallest absolute Gasteiger partial charge is 0.257 e. The van der Waals surface area contributed by atoms with E-state index < -0.39 is 0 Å². The van der Waals surface area contributed by atoms with Gasteiger partial charge in [-0.2, -0.15) is 5.10 Å². The van der Waals surface area contributed by atoms with E-state index in [-0.39, 0.29) is 5.91 Å². The molecule has 4 nitrogen and oxygen atoms in total. The molecule has 1 fully saturated rings. The maximum atomic E-state index is 13.0. The fourth-order valence-corrected chi connectivity index (χ4v) is 3.61. The first-order valence-electron chi connectivity index (χ1n) is 9.10. The SMILES string of the molecule is CCc1c(C(=O)N2CCCC(CC)C2)cnn1Cc1ccccc1. The summed E-state index contributed by atoms with van der Waals surface area (Å²) in [5, 5.41) is 4.51. The first-order valence-corrected chi connectivity index (χ1v) is 9.10. The van der Waals surface area contributed by atoms with Crippen LogP contribution in [0.15, 0.2) is 36.5 Å². The van der Waals surface area contributed by atoms with E-state index in [4.69, 9.17) is 0 Å². The number of hydrogen-bond donors (Lipinski definition) is 0. The first kappa shape index (κ1) is 16.7. The predicted octanol–water partition coefficient (Wildman–Crippen LogP) is 3.76. The van der Waals surface area contributed by atoms with Gasteiger partial charge in [0.05, 0.1) is 24.0 Å². The van der Waals surface area contributed by atoms with Crippen molar-refractivity contribution >= 4 is 5.91 Å². The Hall–Kier alpha value is -2.10. The Morgan fingerprint density at radius 2 is 2.04 bits per heavy atom. The zero-order chi connectivity index (χ0) is 16.9. The van der Waals surface area contributed by atoms with Crippen LogP contribution >= 0.6 is 0 Å². The van der Waals surface area contributed by atoms with Crippen LogP contribution in [0.5, 0.6) is 0 Å². The summed E-state index contributed by atoms with van der Waals surface area (Å²) in [6.45, 7) is 6.80. The second-order valence-electron chi connectivity index (χ2n) is 6.67. The highest BCUT2D eigenvalue weighted by Crippen LogP contribution is 2.22. The Morgan fingerprint density at radius 3 is 2.75 bits per heavy atom. The minimum Gasteiger partial charge on any atom is -0.338 e. The van der Waals surface area contributed by atoms with Gasteiger partial charge in [0.25, 0.3) is 5.91 Å². The van der Waals surface area contributed by atoms with E-state index in [0.717, 1.165) is 50.2 Å². The van der Waals surface area contributed by atoms with Gasteiger partial charge in [-0.1, -0.05) is 50.6 Å². The van der Waals surface area contributed by atoms with Crippen LogP contribution in [0.25, 0.3) is 0 Å². The zero-order valence-electron chi connectivity index (χ0n) is 14.7. The molecule has 24 heavy (non-hydrogen) atoms. The molecule has 2 heterocycles. The number of carbonyl (C=O) groups excluding carboxylic acids is 1. The number of benzene rings is 1. The average molecular weight is 325 g/mol. The molecule has 1 aromatic heterocycles. The van der Waals surface area contributed by atoms with E-state index in [1.54, 1.807) is 6.20 Å². The van der Waals surface area contributed by atoms with Gasteiger partial charge >= 0.3 is 0 Å². The lowest BCUT2D eigenvalue weighted by atomic mass is 9.95. The molecule has 1 aromatic carbocycles. The van der Waals surface area contributed by atoms with Crippen LogP contribution in [0.3, 0.4) is 0 Å². The van der Waals surface area contributed by atoms with Gasteiger partial charge in [0.2, 0.25) is 0 Å². The minimum atomic E-state index is 0.157. The Kier molecular flexibility index (Phi) is 5.34. The number of nitrogens with zero attached hydrogens (tertiary/aromatic N) is 3. The van der Waals surface area contributed by atoms with Crippen molar-refractivity contribution in [1.82, 2.24) is 14.7 Å². The number of piperidine rings is 1. The normalized spacial score (nSPS) is 17.9. The van der Waals surface area contributed by atoms with Crippen molar-refractivity contribution in [3.8, 4) is 0 Å². The number of likely N-dealkylation sites (tertiary alicyclic amines) is 1. The lowest BCUT2D eigenvalue weighted by Gasteiger charge is -2.32. The van der Waals surface area contributed by atoms with E-state index in [1.165, 1.54) is 12.0 Å². The van der Waals surface area contributed by atoms with Crippen molar-refractivity contribution in [3.05, 3.63) is 53.3 Å². The molecule has 0 saturated carbocycles. The van der Waals surface area contributed by atoms with Crippen LogP contribution in [0.1, 0.15) is 54.7 Å². The Balaban J connectivity index is 1.79. The maximum absolute atomic E-state index is 13.0. The molecule has 1 amide bonds. The number of aromatic nitrogens is 2. The number of amides is 1. The van der Waals surface area contributed by atoms with Gasteiger partial charge < -0.3 is 4.90 Å². The molecule has 0 aliphatic carbocycles. The molecule has 1 aliphatic rings. The Bertz CT molecular complexity index is 677. The molecule has 4 heteroatoms. The molecule has 1 saturated heterocycles. The van der Waals surface area contributed by atoms with Crippen molar-refractivity contribution in [2.45, 2.75) is 46.1 Å². The number of carbonyl (C=O) groups is 1. The maximum Gasteiger partial charge on any atom is 0.257 e. The molecular weight excluding hydrogens is 298 g/mol. The van der Waals surface area contributed by atoms with Crippen molar-refractivity contribution in [2.75, 3.05) is 13.1 Å². The van der Waals surface area contributed by atoms with Crippen LogP contribution in [0.4, 0.5) is 0 Å². The van der Waals surface area contributed by atoms with Gasteiger partial charge in [0.1, 0.15) is 0 Å². The first-order chi connectivity index (χ1) is 11.7. The van der Waals surface area contributed by atoms with Crippen LogP contribution < -0.4 is 0 Å². The second-order valence-corrected chi connectivity index (χ2v) is 6.67. The van der Waals surface area contributed by atoms with Crippen LogP contribution in [-0.2, 0) is 13.0 Å². The molecule has 0 bridgehead atoms. The van der Waals surface area contributed by atoms with Gasteiger partial charge in [0.15, 0.2) is 0 Å². The third kappa shape index (κ3) is 3.53. The summed E-state index contributed by atoms with van der Waals surface area (Å²) < 4.78 is 1.98. The lowest BCUT2D eigenvalue weighted by molar-refractivity contribution is 0.0670. The highest BCUT2D eigenvalue weighted by molar-refractivity contribution is 5.95. The quantitative estimate of drug-likeness (QED) is 0.839. The standard InChI is InChI=1S/C20H27N3O/c1-3-16-11-8-12-22(14-16)20(24)18-13-21-23(19(18)4-2)15-17-9-6-5-7-10-17/h5-7,9-10,13,16H,3-4,8,11-12,14-15H2,1-2H3. The third-order valence-electron chi connectivity index (χ3n) is 5.07. The molecule has 1 unspecified atom stereocenters. The number of hydrogen-bond acceptors (Lipinski definition) is 2. The van der Waals surface area contributed by atoms with E-state index in [1.807, 2.05) is 27.8 Å². The van der Waals surface area contributed by atoms with Gasteiger partial charge in [-0.25, -0.2) is 0 Å². The highest BCUT2D eigenvalue weighted by atomic mass is 16.2. The molecule has 0 spiro atoms. The molecule has 0 N–H and O–H groups in total. The van der Waals surface area contributed by atoms with Crippen LogP contribution in [0, 0.1) is 5.92 Å². The molecule has 2 aromatic rings. The van der Waals surface area contributed by atoms with Crippen molar-refractivity contribution < 1.29 is 4.79 Å². The van der Waals surface area contributed by atoms with Crippen molar-refractivity contribution in [1.29, 1.82) is 0 Å². The van der Waals surface area contributed by atoms with Crippen molar-refractivity contribution in [2.24, 2.45) is 5.92 Å². The lowest BCUT2D eigenvalue weighted by Crippen LogP contribution is -2.40. The molecule has 3 rings (SSSR count). The van der Waals surface area contributed by atoms with Gasteiger partial charge in [-0.05, 0) is 30.7 Å². The summed E-state index contributed by atoms with van der Waals surface area (Å²) in [7, 11) is 0. The summed E-state index contributed by atoms with van der Waals surface area (Å²) in [6, 6.07) is 10.3. The fraction of sp³-hybridized carbons (Fsp3) is 0.500. The topological polar surface area (TPSA) is 38.1 Å². The zero-order valence-corrected chi connectivity index (χ0v) is 14.7.